The molecule has 0 saturated carbocycles. The van der Waals surface area contributed by atoms with Gasteiger partial charge in [0.05, 0.1) is 25.4 Å². The van der Waals surface area contributed by atoms with Crippen LogP contribution in [-0.4, -0.2) is 33.0 Å². The summed E-state index contributed by atoms with van der Waals surface area (Å²) in [5.74, 6) is 0. The van der Waals surface area contributed by atoms with Crippen molar-refractivity contribution >= 4 is 0 Å². The molecule has 102 valence electrons. The van der Waals surface area contributed by atoms with Crippen LogP contribution < -0.4 is 5.32 Å². The SMILES string of the molecule is CCCOCCOC(C)C(NC)c1ccccc1. The van der Waals surface area contributed by atoms with E-state index in [4.69, 9.17) is 9.47 Å². The molecule has 0 fully saturated rings. The van der Waals surface area contributed by atoms with E-state index in [9.17, 15) is 0 Å². The minimum Gasteiger partial charge on any atom is -0.379 e. The van der Waals surface area contributed by atoms with E-state index < -0.39 is 0 Å². The lowest BCUT2D eigenvalue weighted by Gasteiger charge is -2.24. The minimum absolute atomic E-state index is 0.127. The molecule has 0 aromatic heterocycles. The molecule has 0 aliphatic heterocycles. The number of likely N-dealkylation sites (N-methyl/N-ethyl adjacent to an activating group) is 1. The smallest absolute Gasteiger partial charge is 0.0742 e. The van der Waals surface area contributed by atoms with Crippen molar-refractivity contribution in [1.29, 1.82) is 0 Å². The molecule has 3 heteroatoms. The fraction of sp³-hybridized carbons (Fsp3) is 0.600. The average molecular weight is 251 g/mol. The third-order valence-electron chi connectivity index (χ3n) is 2.90. The van der Waals surface area contributed by atoms with E-state index in [1.54, 1.807) is 0 Å². The first kappa shape index (κ1) is 15.2. The van der Waals surface area contributed by atoms with Gasteiger partial charge in [0, 0.05) is 6.61 Å². The van der Waals surface area contributed by atoms with Crippen LogP contribution in [0.4, 0.5) is 0 Å². The molecule has 0 radical (unpaired) electrons. The van der Waals surface area contributed by atoms with Gasteiger partial charge in [0.1, 0.15) is 0 Å². The standard InChI is InChI=1S/C15H25NO2/c1-4-10-17-11-12-18-13(2)15(16-3)14-8-6-5-7-9-14/h5-9,13,15-16H,4,10-12H2,1-3H3. The zero-order valence-electron chi connectivity index (χ0n) is 11.7. The fourth-order valence-electron chi connectivity index (χ4n) is 1.97. The van der Waals surface area contributed by atoms with Crippen molar-refractivity contribution in [3.05, 3.63) is 35.9 Å². The topological polar surface area (TPSA) is 30.5 Å². The fourth-order valence-corrected chi connectivity index (χ4v) is 1.97. The maximum atomic E-state index is 5.81. The van der Waals surface area contributed by atoms with Gasteiger partial charge in [-0.15, -0.1) is 0 Å². The highest BCUT2D eigenvalue weighted by molar-refractivity contribution is 5.19. The maximum absolute atomic E-state index is 5.81. The molecule has 3 nitrogen and oxygen atoms in total. The lowest BCUT2D eigenvalue weighted by atomic mass is 10.0. The Kier molecular flexibility index (Phi) is 7.65. The number of hydrogen-bond acceptors (Lipinski definition) is 3. The van der Waals surface area contributed by atoms with Gasteiger partial charge in [-0.05, 0) is 26.0 Å². The van der Waals surface area contributed by atoms with Gasteiger partial charge < -0.3 is 14.8 Å². The predicted octanol–water partition coefficient (Wildman–Crippen LogP) is 2.78. The Hall–Kier alpha value is -0.900. The highest BCUT2D eigenvalue weighted by Gasteiger charge is 2.17. The van der Waals surface area contributed by atoms with Gasteiger partial charge in [-0.25, -0.2) is 0 Å². The van der Waals surface area contributed by atoms with Crippen LogP contribution in [0.25, 0.3) is 0 Å². The third-order valence-corrected chi connectivity index (χ3v) is 2.90. The van der Waals surface area contributed by atoms with Gasteiger partial charge in [-0.3, -0.25) is 0 Å². The monoisotopic (exact) mass is 251 g/mol. The van der Waals surface area contributed by atoms with Crippen LogP contribution in [0, 0.1) is 0 Å². The second-order valence-electron chi connectivity index (χ2n) is 4.37. The molecule has 0 amide bonds. The van der Waals surface area contributed by atoms with Crippen LogP contribution in [0.15, 0.2) is 30.3 Å². The normalized spacial score (nSPS) is 14.4. The summed E-state index contributed by atoms with van der Waals surface area (Å²) in [6.07, 6.45) is 1.18. The van der Waals surface area contributed by atoms with Crippen LogP contribution >= 0.6 is 0 Å². The predicted molar refractivity (Wildman–Crippen MR) is 74.8 cm³/mol. The average Bonchev–Trinajstić information content (AvgIpc) is 2.40. The van der Waals surface area contributed by atoms with Crippen LogP contribution in [0.1, 0.15) is 31.9 Å². The largest absolute Gasteiger partial charge is 0.379 e. The van der Waals surface area contributed by atoms with Gasteiger partial charge in [0.2, 0.25) is 0 Å². The van der Waals surface area contributed by atoms with Crippen LogP contribution in [0.2, 0.25) is 0 Å². The molecule has 0 spiro atoms. The third kappa shape index (κ3) is 5.17. The molecule has 1 rings (SSSR count). The van der Waals surface area contributed by atoms with Gasteiger partial charge in [0.25, 0.3) is 0 Å². The molecule has 2 atom stereocenters. The van der Waals surface area contributed by atoms with Crippen molar-refractivity contribution in [2.24, 2.45) is 0 Å². The number of ether oxygens (including phenoxy) is 2. The molecular formula is C15H25NO2. The number of benzene rings is 1. The summed E-state index contributed by atoms with van der Waals surface area (Å²) in [5, 5.41) is 3.30. The van der Waals surface area contributed by atoms with E-state index in [1.165, 1.54) is 5.56 Å². The summed E-state index contributed by atoms with van der Waals surface area (Å²) in [4.78, 5) is 0. The molecule has 2 unspecified atom stereocenters. The first-order chi connectivity index (χ1) is 8.79. The van der Waals surface area contributed by atoms with E-state index in [-0.39, 0.29) is 12.1 Å². The Balaban J connectivity index is 2.36. The van der Waals surface area contributed by atoms with E-state index in [1.807, 2.05) is 13.1 Å². The Bertz CT molecular complexity index is 303. The first-order valence-corrected chi connectivity index (χ1v) is 6.71. The highest BCUT2D eigenvalue weighted by atomic mass is 16.5. The van der Waals surface area contributed by atoms with Crippen LogP contribution in [0.5, 0.6) is 0 Å². The minimum atomic E-state index is 0.127. The van der Waals surface area contributed by atoms with Gasteiger partial charge in [-0.2, -0.15) is 0 Å². The molecule has 1 aromatic carbocycles. The molecule has 0 aliphatic rings. The van der Waals surface area contributed by atoms with Crippen molar-refractivity contribution in [3.63, 3.8) is 0 Å². The number of hydrogen-bond donors (Lipinski definition) is 1. The Morgan fingerprint density at radius 2 is 1.83 bits per heavy atom. The lowest BCUT2D eigenvalue weighted by molar-refractivity contribution is -0.00237. The molecule has 1 N–H and O–H groups in total. The zero-order chi connectivity index (χ0) is 13.2. The van der Waals surface area contributed by atoms with Crippen LogP contribution in [0.3, 0.4) is 0 Å². The number of nitrogens with one attached hydrogen (secondary N) is 1. The van der Waals surface area contributed by atoms with Crippen molar-refractivity contribution in [2.45, 2.75) is 32.4 Å². The summed E-state index contributed by atoms with van der Waals surface area (Å²) < 4.78 is 11.2. The van der Waals surface area contributed by atoms with Crippen molar-refractivity contribution < 1.29 is 9.47 Å². The van der Waals surface area contributed by atoms with Gasteiger partial charge >= 0.3 is 0 Å². The second kappa shape index (κ2) is 9.09. The molecule has 0 aliphatic carbocycles. The summed E-state index contributed by atoms with van der Waals surface area (Å²) in [6, 6.07) is 10.6. The second-order valence-corrected chi connectivity index (χ2v) is 4.37. The lowest BCUT2D eigenvalue weighted by Crippen LogP contribution is -2.30. The summed E-state index contributed by atoms with van der Waals surface area (Å²) in [7, 11) is 1.96. The Morgan fingerprint density at radius 1 is 1.11 bits per heavy atom. The van der Waals surface area contributed by atoms with Crippen molar-refractivity contribution in [3.8, 4) is 0 Å². The summed E-state index contributed by atoms with van der Waals surface area (Å²) in [6.45, 7) is 6.32. The Labute approximate surface area is 110 Å². The molecule has 0 bridgehead atoms. The molecule has 0 saturated heterocycles. The van der Waals surface area contributed by atoms with E-state index in [0.717, 1.165) is 13.0 Å². The van der Waals surface area contributed by atoms with Crippen molar-refractivity contribution in [1.82, 2.24) is 5.32 Å². The molecule has 0 heterocycles. The number of rotatable bonds is 9. The van der Waals surface area contributed by atoms with Gasteiger partial charge in [-0.1, -0.05) is 37.3 Å². The Morgan fingerprint density at radius 3 is 2.44 bits per heavy atom. The molecule has 1 aromatic rings. The van der Waals surface area contributed by atoms with Crippen molar-refractivity contribution in [2.75, 3.05) is 26.9 Å². The molecule has 18 heavy (non-hydrogen) atoms. The van der Waals surface area contributed by atoms with E-state index in [2.05, 4.69) is 43.4 Å². The molecular weight excluding hydrogens is 226 g/mol. The first-order valence-electron chi connectivity index (χ1n) is 6.71. The van der Waals surface area contributed by atoms with E-state index in [0.29, 0.717) is 13.2 Å². The van der Waals surface area contributed by atoms with Gasteiger partial charge in [0.15, 0.2) is 0 Å². The highest BCUT2D eigenvalue weighted by Crippen LogP contribution is 2.18. The quantitative estimate of drug-likeness (QED) is 0.685. The zero-order valence-corrected chi connectivity index (χ0v) is 11.7. The maximum Gasteiger partial charge on any atom is 0.0742 e. The summed E-state index contributed by atoms with van der Waals surface area (Å²) in [5.41, 5.74) is 1.25. The van der Waals surface area contributed by atoms with E-state index >= 15 is 0 Å². The summed E-state index contributed by atoms with van der Waals surface area (Å²) >= 11 is 0. The van der Waals surface area contributed by atoms with Crippen LogP contribution in [-0.2, 0) is 9.47 Å².